The number of aryl methyl sites for hydroxylation is 1. The van der Waals surface area contributed by atoms with Crippen molar-refractivity contribution in [3.63, 3.8) is 0 Å². The Morgan fingerprint density at radius 1 is 0.952 bits per heavy atom. The molecule has 0 aromatic heterocycles. The zero-order valence-corrected chi connectivity index (χ0v) is 11.9. The van der Waals surface area contributed by atoms with Gasteiger partial charge in [0.2, 0.25) is 0 Å². The van der Waals surface area contributed by atoms with Crippen LogP contribution < -0.4 is 0 Å². The van der Waals surface area contributed by atoms with Gasteiger partial charge in [0, 0.05) is 5.02 Å². The van der Waals surface area contributed by atoms with Gasteiger partial charge in [-0.3, -0.25) is 0 Å². The average Bonchev–Trinajstić information content (AvgIpc) is 2.51. The summed E-state index contributed by atoms with van der Waals surface area (Å²) in [4.78, 5) is 32.1. The topological polar surface area (TPSA) is 52.6 Å². The van der Waals surface area contributed by atoms with Crippen molar-refractivity contribution in [1.29, 1.82) is 0 Å². The molecule has 2 rings (SSSR count). The number of rotatable bonds is 4. The first-order chi connectivity index (χ1) is 10.1. The second-order valence-corrected chi connectivity index (χ2v) is 4.76. The normalized spacial score (nSPS) is 9.95. The minimum Gasteiger partial charge on any atom is -0.247 e. The molecule has 2 aromatic rings. The Bertz CT molecular complexity index is 625. The van der Waals surface area contributed by atoms with Crippen LogP contribution in [0.5, 0.6) is 0 Å². The molecule has 0 aliphatic heterocycles. The fraction of sp³-hybridized carbons (Fsp3) is 0.125. The van der Waals surface area contributed by atoms with Crippen molar-refractivity contribution >= 4 is 23.5 Å². The molecule has 4 nitrogen and oxygen atoms in total. The molecule has 108 valence electrons. The molecule has 0 saturated carbocycles. The van der Waals surface area contributed by atoms with Crippen LogP contribution in [0, 0.1) is 0 Å². The van der Waals surface area contributed by atoms with Gasteiger partial charge in [-0.05, 0) is 30.2 Å². The Morgan fingerprint density at radius 3 is 2.43 bits per heavy atom. The Balaban J connectivity index is 1.77. The summed E-state index contributed by atoms with van der Waals surface area (Å²) in [6, 6.07) is 15.7. The third-order valence-corrected chi connectivity index (χ3v) is 2.97. The van der Waals surface area contributed by atoms with Gasteiger partial charge in [-0.15, -0.1) is 0 Å². The molecule has 0 aliphatic rings. The van der Waals surface area contributed by atoms with Gasteiger partial charge in [0.25, 0.3) is 0 Å². The largest absolute Gasteiger partial charge is 0.386 e. The number of hydrogen-bond donors (Lipinski definition) is 0. The number of benzene rings is 2. The molecule has 0 radical (unpaired) electrons. The van der Waals surface area contributed by atoms with Crippen molar-refractivity contribution in [2.75, 3.05) is 0 Å². The Morgan fingerprint density at radius 2 is 1.71 bits per heavy atom. The van der Waals surface area contributed by atoms with Crippen molar-refractivity contribution in [2.24, 2.45) is 0 Å². The summed E-state index contributed by atoms with van der Waals surface area (Å²) in [7, 11) is 0. The molecule has 21 heavy (non-hydrogen) atoms. The lowest BCUT2D eigenvalue weighted by atomic mass is 10.1. The third-order valence-electron chi connectivity index (χ3n) is 2.73. The van der Waals surface area contributed by atoms with Crippen LogP contribution in [0.1, 0.15) is 22.3 Å². The first kappa shape index (κ1) is 15.1. The van der Waals surface area contributed by atoms with Crippen molar-refractivity contribution in [1.82, 2.24) is 0 Å². The molecule has 0 N–H and O–H groups in total. The zero-order valence-electron chi connectivity index (χ0n) is 11.1. The maximum atomic E-state index is 11.6. The molecule has 0 fully saturated rings. The lowest BCUT2D eigenvalue weighted by molar-refractivity contribution is -0.233. The molecule has 0 amide bonds. The van der Waals surface area contributed by atoms with Crippen molar-refractivity contribution < 1.29 is 19.4 Å². The predicted molar refractivity (Wildman–Crippen MR) is 77.7 cm³/mol. The predicted octanol–water partition coefficient (Wildman–Crippen LogP) is 3.59. The summed E-state index contributed by atoms with van der Waals surface area (Å²) in [5, 5.41) is 0.403. The van der Waals surface area contributed by atoms with Crippen LogP contribution in [0.2, 0.25) is 5.02 Å². The Labute approximate surface area is 127 Å². The fourth-order valence-corrected chi connectivity index (χ4v) is 1.87. The molecule has 0 heterocycles. The molecule has 0 atom stereocenters. The molecule has 5 heteroatoms. The summed E-state index contributed by atoms with van der Waals surface area (Å²) in [5.74, 6) is -1.36. The van der Waals surface area contributed by atoms with Crippen LogP contribution in [0.4, 0.5) is 0 Å². The van der Waals surface area contributed by atoms with E-state index in [0.29, 0.717) is 11.4 Å². The zero-order chi connectivity index (χ0) is 15.1. The molecule has 0 spiro atoms. The van der Waals surface area contributed by atoms with Gasteiger partial charge in [0.05, 0.1) is 12.0 Å². The quantitative estimate of drug-likeness (QED) is 0.640. The maximum absolute atomic E-state index is 11.6. The van der Waals surface area contributed by atoms with Crippen LogP contribution in [-0.4, -0.2) is 11.9 Å². The number of hydrogen-bond acceptors (Lipinski definition) is 4. The van der Waals surface area contributed by atoms with Crippen molar-refractivity contribution in [3.05, 3.63) is 70.7 Å². The van der Waals surface area contributed by atoms with E-state index in [1.165, 1.54) is 12.1 Å². The molecule has 0 aliphatic carbocycles. The van der Waals surface area contributed by atoms with E-state index in [9.17, 15) is 9.59 Å². The first-order valence-corrected chi connectivity index (χ1v) is 6.74. The van der Waals surface area contributed by atoms with Crippen molar-refractivity contribution in [2.45, 2.75) is 12.8 Å². The van der Waals surface area contributed by atoms with E-state index in [2.05, 4.69) is 9.78 Å². The van der Waals surface area contributed by atoms with Crippen LogP contribution in [-0.2, 0) is 21.0 Å². The number of carbonyl (C=O) groups is 2. The van der Waals surface area contributed by atoms with Gasteiger partial charge < -0.3 is 0 Å². The molecular weight excluding hydrogens is 292 g/mol. The molecular formula is C16H13ClO4. The van der Waals surface area contributed by atoms with Gasteiger partial charge in [0.1, 0.15) is 0 Å². The monoisotopic (exact) mass is 304 g/mol. The highest BCUT2D eigenvalue weighted by atomic mass is 35.5. The molecule has 0 unspecified atom stereocenters. The van der Waals surface area contributed by atoms with Gasteiger partial charge in [-0.1, -0.05) is 48.0 Å². The van der Waals surface area contributed by atoms with Gasteiger partial charge in [-0.2, -0.15) is 0 Å². The minimum atomic E-state index is -0.759. The summed E-state index contributed by atoms with van der Waals surface area (Å²) >= 11 is 5.75. The van der Waals surface area contributed by atoms with Gasteiger partial charge >= 0.3 is 11.9 Å². The first-order valence-electron chi connectivity index (χ1n) is 6.36. The number of carbonyl (C=O) groups excluding carboxylic acids is 2. The summed E-state index contributed by atoms with van der Waals surface area (Å²) < 4.78 is 0. The Hall–Kier alpha value is -2.33. The SMILES string of the molecule is O=C(CCc1ccccc1)OOC(=O)c1cccc(Cl)c1. The summed E-state index contributed by atoms with van der Waals surface area (Å²) in [5.41, 5.74) is 1.23. The summed E-state index contributed by atoms with van der Waals surface area (Å²) in [6.07, 6.45) is 0.654. The highest BCUT2D eigenvalue weighted by Gasteiger charge is 2.12. The average molecular weight is 305 g/mol. The van der Waals surface area contributed by atoms with Gasteiger partial charge in [-0.25, -0.2) is 19.4 Å². The highest BCUT2D eigenvalue weighted by Crippen LogP contribution is 2.12. The Kier molecular flexibility index (Phi) is 5.35. The highest BCUT2D eigenvalue weighted by molar-refractivity contribution is 6.30. The van der Waals surface area contributed by atoms with Crippen LogP contribution in [0.25, 0.3) is 0 Å². The molecule has 0 bridgehead atoms. The molecule has 2 aromatic carbocycles. The minimum absolute atomic E-state index is 0.132. The number of halogens is 1. The van der Waals surface area contributed by atoms with Crippen LogP contribution >= 0.6 is 11.6 Å². The standard InChI is InChI=1S/C16H13ClO4/c17-14-8-4-7-13(11-14)16(19)21-20-15(18)10-9-12-5-2-1-3-6-12/h1-8,11H,9-10H2. The maximum Gasteiger partial charge on any atom is 0.386 e. The van der Waals surface area contributed by atoms with E-state index in [4.69, 9.17) is 11.6 Å². The third kappa shape index (κ3) is 4.93. The smallest absolute Gasteiger partial charge is 0.247 e. The summed E-state index contributed by atoms with van der Waals surface area (Å²) in [6.45, 7) is 0. The van der Waals surface area contributed by atoms with E-state index >= 15 is 0 Å². The van der Waals surface area contributed by atoms with Crippen LogP contribution in [0.3, 0.4) is 0 Å². The van der Waals surface area contributed by atoms with E-state index < -0.39 is 11.9 Å². The second-order valence-electron chi connectivity index (χ2n) is 4.32. The van der Waals surface area contributed by atoms with Crippen LogP contribution in [0.15, 0.2) is 54.6 Å². The van der Waals surface area contributed by atoms with E-state index in [0.717, 1.165) is 5.56 Å². The van der Waals surface area contributed by atoms with Gasteiger partial charge in [0.15, 0.2) is 0 Å². The van der Waals surface area contributed by atoms with E-state index in [1.54, 1.807) is 12.1 Å². The van der Waals surface area contributed by atoms with E-state index in [-0.39, 0.29) is 12.0 Å². The van der Waals surface area contributed by atoms with Crippen molar-refractivity contribution in [3.8, 4) is 0 Å². The molecule has 0 saturated heterocycles. The fourth-order valence-electron chi connectivity index (χ4n) is 1.68. The van der Waals surface area contributed by atoms with E-state index in [1.807, 2.05) is 30.3 Å². The second kappa shape index (κ2) is 7.45. The lowest BCUT2D eigenvalue weighted by Gasteiger charge is -2.04. The lowest BCUT2D eigenvalue weighted by Crippen LogP contribution is -2.12.